The van der Waals surface area contributed by atoms with Gasteiger partial charge < -0.3 is 22.4 Å². The van der Waals surface area contributed by atoms with Crippen molar-refractivity contribution >= 4 is 17.1 Å². The highest BCUT2D eigenvalue weighted by Crippen LogP contribution is 2.18. The van der Waals surface area contributed by atoms with Gasteiger partial charge in [0.2, 0.25) is 0 Å². The fourth-order valence-corrected chi connectivity index (χ4v) is 5.18. The first-order chi connectivity index (χ1) is 9.89. The Kier molecular flexibility index (Phi) is 11.9. The molecule has 0 atom stereocenters. The standard InChI is InChI=1S/C14H34O5Si2/c1-7-16-21(17-8-2,18-9-3)14-10-11-15-12-13-19-20(4,5)6/h7-14H2,1-6H3. The monoisotopic (exact) mass is 338 g/mol. The highest BCUT2D eigenvalue weighted by molar-refractivity contribution is 6.69. The molecule has 0 amide bonds. The largest absolute Gasteiger partial charge is 0.501 e. The highest BCUT2D eigenvalue weighted by Gasteiger charge is 2.39. The molecule has 0 aliphatic heterocycles. The van der Waals surface area contributed by atoms with Crippen LogP contribution < -0.4 is 0 Å². The second-order valence-corrected chi connectivity index (χ2v) is 12.9. The molecule has 0 aromatic heterocycles. The first kappa shape index (κ1) is 21.2. The topological polar surface area (TPSA) is 46.2 Å². The fourth-order valence-electron chi connectivity index (χ4n) is 1.90. The normalized spacial score (nSPS) is 12.9. The van der Waals surface area contributed by atoms with Crippen molar-refractivity contribution < 1.29 is 22.4 Å². The van der Waals surface area contributed by atoms with Crippen molar-refractivity contribution in [3.8, 4) is 0 Å². The van der Waals surface area contributed by atoms with Crippen molar-refractivity contribution in [2.45, 2.75) is 52.9 Å². The van der Waals surface area contributed by atoms with Gasteiger partial charge >= 0.3 is 8.80 Å². The number of ether oxygens (including phenoxy) is 1. The van der Waals surface area contributed by atoms with Crippen LogP contribution in [0.1, 0.15) is 27.2 Å². The van der Waals surface area contributed by atoms with Gasteiger partial charge in [-0.25, -0.2) is 0 Å². The van der Waals surface area contributed by atoms with E-state index in [1.54, 1.807) is 0 Å². The molecule has 0 N–H and O–H groups in total. The van der Waals surface area contributed by atoms with E-state index >= 15 is 0 Å². The molecule has 0 saturated carbocycles. The van der Waals surface area contributed by atoms with Gasteiger partial charge in [0, 0.05) is 32.5 Å². The Morgan fingerprint density at radius 1 is 0.667 bits per heavy atom. The first-order valence-electron chi connectivity index (χ1n) is 8.02. The Morgan fingerprint density at radius 2 is 1.19 bits per heavy atom. The maximum Gasteiger partial charge on any atom is 0.501 e. The SMILES string of the molecule is CCO[Si](CCCOCCO[Si](C)(C)C)(OCC)OCC. The van der Waals surface area contributed by atoms with Crippen molar-refractivity contribution in [1.82, 2.24) is 0 Å². The van der Waals surface area contributed by atoms with Crippen LogP contribution >= 0.6 is 0 Å². The van der Waals surface area contributed by atoms with E-state index in [2.05, 4.69) is 19.6 Å². The van der Waals surface area contributed by atoms with Crippen LogP contribution in [-0.4, -0.2) is 56.8 Å². The minimum absolute atomic E-state index is 0.622. The van der Waals surface area contributed by atoms with Crippen molar-refractivity contribution in [3.05, 3.63) is 0 Å². The van der Waals surface area contributed by atoms with Gasteiger partial charge in [-0.3, -0.25) is 0 Å². The molecule has 0 aliphatic rings. The number of hydrogen-bond donors (Lipinski definition) is 0. The lowest BCUT2D eigenvalue weighted by Crippen LogP contribution is -2.46. The molecule has 0 radical (unpaired) electrons. The van der Waals surface area contributed by atoms with Crippen LogP contribution in [0.3, 0.4) is 0 Å². The summed E-state index contributed by atoms with van der Waals surface area (Å²) in [6.45, 7) is 16.4. The molecule has 0 rings (SSSR count). The van der Waals surface area contributed by atoms with Gasteiger partial charge in [-0.1, -0.05) is 0 Å². The minimum atomic E-state index is -2.50. The third-order valence-electron chi connectivity index (χ3n) is 2.63. The molecular formula is C14H34O5Si2. The summed E-state index contributed by atoms with van der Waals surface area (Å²) in [4.78, 5) is 0. The molecular weight excluding hydrogens is 304 g/mol. The van der Waals surface area contributed by atoms with Crippen LogP contribution in [0.15, 0.2) is 0 Å². The second-order valence-electron chi connectivity index (χ2n) is 5.66. The Morgan fingerprint density at radius 3 is 1.62 bits per heavy atom. The van der Waals surface area contributed by atoms with E-state index in [0.717, 1.165) is 12.5 Å². The Labute approximate surface area is 132 Å². The molecule has 0 aromatic rings. The lowest BCUT2D eigenvalue weighted by atomic mass is 10.5. The van der Waals surface area contributed by atoms with Gasteiger partial charge in [0.05, 0.1) is 13.2 Å². The third kappa shape index (κ3) is 11.5. The molecule has 0 bridgehead atoms. The van der Waals surface area contributed by atoms with Crippen LogP contribution in [-0.2, 0) is 22.4 Å². The van der Waals surface area contributed by atoms with Gasteiger partial charge in [0.1, 0.15) is 0 Å². The smallest absolute Gasteiger partial charge is 0.415 e. The zero-order valence-electron chi connectivity index (χ0n) is 14.7. The Bertz CT molecular complexity index is 229. The zero-order valence-corrected chi connectivity index (χ0v) is 16.7. The molecule has 0 spiro atoms. The number of hydrogen-bond acceptors (Lipinski definition) is 5. The quantitative estimate of drug-likeness (QED) is 0.359. The summed E-state index contributed by atoms with van der Waals surface area (Å²) in [6.07, 6.45) is 0.888. The summed E-state index contributed by atoms with van der Waals surface area (Å²) in [6, 6.07) is 0.803. The maximum absolute atomic E-state index is 5.80. The van der Waals surface area contributed by atoms with Crippen molar-refractivity contribution in [2.75, 3.05) is 39.6 Å². The summed E-state index contributed by atoms with van der Waals surface area (Å²) in [5, 5.41) is 0. The second kappa shape index (κ2) is 11.8. The van der Waals surface area contributed by atoms with Gasteiger partial charge in [0.25, 0.3) is 0 Å². The molecule has 0 saturated heterocycles. The molecule has 128 valence electrons. The molecule has 0 heterocycles. The summed E-state index contributed by atoms with van der Waals surface area (Å²) < 4.78 is 28.8. The molecule has 0 aliphatic carbocycles. The molecule has 0 unspecified atom stereocenters. The van der Waals surface area contributed by atoms with Crippen molar-refractivity contribution in [3.63, 3.8) is 0 Å². The summed E-state index contributed by atoms with van der Waals surface area (Å²) in [5.41, 5.74) is 0. The molecule has 5 nitrogen and oxygen atoms in total. The lowest BCUT2D eigenvalue weighted by Gasteiger charge is -2.28. The molecule has 21 heavy (non-hydrogen) atoms. The summed E-state index contributed by atoms with van der Waals surface area (Å²) in [7, 11) is -3.92. The fraction of sp³-hybridized carbons (Fsp3) is 1.00. The van der Waals surface area contributed by atoms with E-state index < -0.39 is 17.1 Å². The van der Waals surface area contributed by atoms with E-state index in [-0.39, 0.29) is 0 Å². The van der Waals surface area contributed by atoms with Gasteiger partial charge in [-0.2, -0.15) is 0 Å². The Hall–Kier alpha value is 0.234. The van der Waals surface area contributed by atoms with Crippen LogP contribution in [0.2, 0.25) is 25.7 Å². The van der Waals surface area contributed by atoms with Crippen molar-refractivity contribution in [1.29, 1.82) is 0 Å². The molecule has 0 aromatic carbocycles. The van der Waals surface area contributed by atoms with E-state index in [4.69, 9.17) is 22.4 Å². The summed E-state index contributed by atoms with van der Waals surface area (Å²) >= 11 is 0. The van der Waals surface area contributed by atoms with Gasteiger partial charge in [0.15, 0.2) is 8.32 Å². The van der Waals surface area contributed by atoms with Crippen LogP contribution in [0.25, 0.3) is 0 Å². The highest BCUT2D eigenvalue weighted by atomic mass is 28.4. The number of rotatable bonds is 14. The van der Waals surface area contributed by atoms with Gasteiger partial charge in [-0.05, 0) is 46.8 Å². The summed E-state index contributed by atoms with van der Waals surface area (Å²) in [5.74, 6) is 0. The predicted octanol–water partition coefficient (Wildman–Crippen LogP) is 3.29. The van der Waals surface area contributed by atoms with Crippen LogP contribution in [0, 0.1) is 0 Å². The van der Waals surface area contributed by atoms with Crippen molar-refractivity contribution in [2.24, 2.45) is 0 Å². The maximum atomic E-state index is 5.80. The Balaban J connectivity index is 3.91. The van der Waals surface area contributed by atoms with Crippen LogP contribution in [0.5, 0.6) is 0 Å². The van der Waals surface area contributed by atoms with E-state index in [0.29, 0.717) is 39.6 Å². The van der Waals surface area contributed by atoms with E-state index in [9.17, 15) is 0 Å². The molecule has 0 fully saturated rings. The predicted molar refractivity (Wildman–Crippen MR) is 90.2 cm³/mol. The van der Waals surface area contributed by atoms with Gasteiger partial charge in [-0.15, -0.1) is 0 Å². The average Bonchev–Trinajstić information content (AvgIpc) is 2.37. The van der Waals surface area contributed by atoms with E-state index in [1.807, 2.05) is 20.8 Å². The van der Waals surface area contributed by atoms with E-state index in [1.165, 1.54) is 0 Å². The first-order valence-corrected chi connectivity index (χ1v) is 13.4. The average molecular weight is 339 g/mol. The third-order valence-corrected chi connectivity index (χ3v) is 6.85. The molecule has 7 heteroatoms. The van der Waals surface area contributed by atoms with Crippen LogP contribution in [0.4, 0.5) is 0 Å². The zero-order chi connectivity index (χ0) is 16.2. The lowest BCUT2D eigenvalue weighted by molar-refractivity contribution is 0.0630. The minimum Gasteiger partial charge on any atom is -0.415 e.